The average molecular weight is 197 g/mol. The monoisotopic (exact) mass is 197 g/mol. The Labute approximate surface area is 89.0 Å². The highest BCUT2D eigenvalue weighted by molar-refractivity contribution is 5.31. The van der Waals surface area contributed by atoms with E-state index in [2.05, 4.69) is 11.1 Å². The third kappa shape index (κ3) is 1.82. The van der Waals surface area contributed by atoms with Crippen LogP contribution in [0.1, 0.15) is 29.8 Å². The summed E-state index contributed by atoms with van der Waals surface area (Å²) in [5, 5.41) is 17.7. The van der Waals surface area contributed by atoms with E-state index in [4.69, 9.17) is 10.5 Å². The van der Waals surface area contributed by atoms with Crippen LogP contribution in [0.5, 0.6) is 0 Å². The summed E-state index contributed by atoms with van der Waals surface area (Å²) in [6.07, 6.45) is 2.75. The fraction of sp³-hybridized carbons (Fsp3) is 0.417. The molecule has 0 saturated heterocycles. The first-order valence-electron chi connectivity index (χ1n) is 4.97. The molecular weight excluding hydrogens is 186 g/mol. The summed E-state index contributed by atoms with van der Waals surface area (Å²) >= 11 is 0. The second-order valence-electron chi connectivity index (χ2n) is 4.12. The first-order chi connectivity index (χ1) is 7.19. The Morgan fingerprint density at radius 3 is 2.60 bits per heavy atom. The number of hydrogen-bond donors (Lipinski definition) is 0. The third-order valence-electron chi connectivity index (χ3n) is 2.93. The van der Waals surface area contributed by atoms with Crippen molar-refractivity contribution < 1.29 is 0 Å². The normalized spacial score (nSPS) is 16.5. The minimum absolute atomic E-state index is 0.138. The molecule has 1 aliphatic rings. The largest absolute Gasteiger partial charge is 0.242 e. The minimum Gasteiger partial charge on any atom is -0.242 e. The number of nitrogens with zero attached hydrogens (tertiary/aromatic N) is 3. The van der Waals surface area contributed by atoms with Gasteiger partial charge in [0.2, 0.25) is 0 Å². The quantitative estimate of drug-likeness (QED) is 0.729. The van der Waals surface area contributed by atoms with Crippen LogP contribution in [0.4, 0.5) is 0 Å². The third-order valence-corrected chi connectivity index (χ3v) is 2.93. The van der Waals surface area contributed by atoms with Crippen molar-refractivity contribution in [3.63, 3.8) is 0 Å². The molecule has 3 nitrogen and oxygen atoms in total. The van der Waals surface area contributed by atoms with Gasteiger partial charge in [0.15, 0.2) is 0 Å². The number of nitriles is 2. The maximum Gasteiger partial charge on any atom is 0.140 e. The maximum absolute atomic E-state index is 8.99. The fourth-order valence-corrected chi connectivity index (χ4v) is 1.68. The molecule has 1 saturated carbocycles. The molecule has 15 heavy (non-hydrogen) atoms. The van der Waals surface area contributed by atoms with Crippen molar-refractivity contribution in [2.75, 3.05) is 0 Å². The van der Waals surface area contributed by atoms with Crippen LogP contribution in [0.25, 0.3) is 0 Å². The zero-order chi connectivity index (χ0) is 10.9. The summed E-state index contributed by atoms with van der Waals surface area (Å²) in [5.41, 5.74) is 2.27. The van der Waals surface area contributed by atoms with Gasteiger partial charge in [-0.2, -0.15) is 10.5 Å². The zero-order valence-corrected chi connectivity index (χ0v) is 8.62. The van der Waals surface area contributed by atoms with Gasteiger partial charge < -0.3 is 0 Å². The van der Waals surface area contributed by atoms with Crippen LogP contribution < -0.4 is 0 Å². The Morgan fingerprint density at radius 1 is 1.40 bits per heavy atom. The lowest BCUT2D eigenvalue weighted by molar-refractivity contribution is 0.659. The predicted molar refractivity (Wildman–Crippen MR) is 54.7 cm³/mol. The molecule has 0 amide bonds. The average Bonchev–Trinajstić information content (AvgIpc) is 3.02. The van der Waals surface area contributed by atoms with Crippen molar-refractivity contribution in [3.8, 4) is 12.1 Å². The SMILES string of the molecule is Cc1nc(C#N)ccc1CC1(C#N)CC1. The van der Waals surface area contributed by atoms with E-state index in [-0.39, 0.29) is 5.41 Å². The Balaban J connectivity index is 2.24. The lowest BCUT2D eigenvalue weighted by Crippen LogP contribution is -2.04. The summed E-state index contributed by atoms with van der Waals surface area (Å²) < 4.78 is 0. The minimum atomic E-state index is -0.138. The van der Waals surface area contributed by atoms with Crippen molar-refractivity contribution in [1.82, 2.24) is 4.98 Å². The van der Waals surface area contributed by atoms with Crippen LogP contribution in [-0.2, 0) is 6.42 Å². The van der Waals surface area contributed by atoms with Gasteiger partial charge >= 0.3 is 0 Å². The van der Waals surface area contributed by atoms with Gasteiger partial charge in [-0.05, 0) is 37.8 Å². The highest BCUT2D eigenvalue weighted by atomic mass is 14.7. The van der Waals surface area contributed by atoms with Crippen LogP contribution in [0, 0.1) is 35.0 Å². The number of rotatable bonds is 2. The lowest BCUT2D eigenvalue weighted by atomic mass is 9.97. The first kappa shape index (κ1) is 9.68. The summed E-state index contributed by atoms with van der Waals surface area (Å²) in [6, 6.07) is 8.01. The van der Waals surface area contributed by atoms with Crippen LogP contribution in [-0.4, -0.2) is 4.98 Å². The van der Waals surface area contributed by atoms with E-state index < -0.39 is 0 Å². The van der Waals surface area contributed by atoms with Crippen LogP contribution in [0.2, 0.25) is 0 Å². The number of hydrogen-bond acceptors (Lipinski definition) is 3. The molecule has 1 aromatic rings. The Bertz CT molecular complexity index is 473. The van der Waals surface area contributed by atoms with E-state index in [0.29, 0.717) is 5.69 Å². The van der Waals surface area contributed by atoms with Crippen LogP contribution in [0.15, 0.2) is 12.1 Å². The van der Waals surface area contributed by atoms with Gasteiger partial charge in [0.25, 0.3) is 0 Å². The van der Waals surface area contributed by atoms with E-state index in [1.54, 1.807) is 6.07 Å². The number of aromatic nitrogens is 1. The number of aryl methyl sites for hydroxylation is 1. The molecule has 0 spiro atoms. The molecule has 1 heterocycles. The van der Waals surface area contributed by atoms with Crippen LogP contribution in [0.3, 0.4) is 0 Å². The molecule has 0 N–H and O–H groups in total. The van der Waals surface area contributed by atoms with E-state index in [1.165, 1.54) is 0 Å². The highest BCUT2D eigenvalue weighted by Gasteiger charge is 2.43. The second-order valence-corrected chi connectivity index (χ2v) is 4.12. The summed E-state index contributed by atoms with van der Waals surface area (Å²) in [7, 11) is 0. The molecule has 2 rings (SSSR count). The zero-order valence-electron chi connectivity index (χ0n) is 8.62. The Hall–Kier alpha value is -1.87. The molecule has 1 aliphatic carbocycles. The standard InChI is InChI=1S/C12H11N3/c1-9-10(2-3-11(7-13)15-9)6-12(8-14)4-5-12/h2-3H,4-6H2,1H3. The molecule has 74 valence electrons. The summed E-state index contributed by atoms with van der Waals surface area (Å²) in [5.74, 6) is 0. The molecule has 0 bridgehead atoms. The fourth-order valence-electron chi connectivity index (χ4n) is 1.68. The van der Waals surface area contributed by atoms with Gasteiger partial charge in [-0.25, -0.2) is 4.98 Å². The Morgan fingerprint density at radius 2 is 2.13 bits per heavy atom. The second kappa shape index (κ2) is 3.37. The Kier molecular flexibility index (Phi) is 2.17. The van der Waals surface area contributed by atoms with E-state index in [1.807, 2.05) is 19.1 Å². The van der Waals surface area contributed by atoms with Gasteiger partial charge in [-0.15, -0.1) is 0 Å². The lowest BCUT2D eigenvalue weighted by Gasteiger charge is -2.08. The van der Waals surface area contributed by atoms with Gasteiger partial charge in [0.1, 0.15) is 11.8 Å². The molecule has 3 heteroatoms. The summed E-state index contributed by atoms with van der Waals surface area (Å²) in [4.78, 5) is 4.17. The smallest absolute Gasteiger partial charge is 0.140 e. The van der Waals surface area contributed by atoms with Crippen molar-refractivity contribution in [2.24, 2.45) is 5.41 Å². The molecule has 0 unspecified atom stereocenters. The molecule has 0 aromatic carbocycles. The van der Waals surface area contributed by atoms with E-state index in [9.17, 15) is 0 Å². The maximum atomic E-state index is 8.99. The van der Waals surface area contributed by atoms with Crippen LogP contribution >= 0.6 is 0 Å². The van der Waals surface area contributed by atoms with Gasteiger partial charge in [0.05, 0.1) is 11.5 Å². The summed E-state index contributed by atoms with van der Waals surface area (Å²) in [6.45, 7) is 1.89. The molecule has 0 atom stereocenters. The topological polar surface area (TPSA) is 60.5 Å². The number of pyridine rings is 1. The van der Waals surface area contributed by atoms with E-state index >= 15 is 0 Å². The predicted octanol–water partition coefficient (Wildman–Crippen LogP) is 2.11. The van der Waals surface area contributed by atoms with Gasteiger partial charge in [-0.3, -0.25) is 0 Å². The molecular formula is C12H11N3. The first-order valence-corrected chi connectivity index (χ1v) is 4.97. The molecule has 0 aliphatic heterocycles. The van der Waals surface area contributed by atoms with Gasteiger partial charge in [-0.1, -0.05) is 6.07 Å². The highest BCUT2D eigenvalue weighted by Crippen LogP contribution is 2.47. The van der Waals surface area contributed by atoms with Crippen molar-refractivity contribution in [1.29, 1.82) is 10.5 Å². The van der Waals surface area contributed by atoms with Crippen molar-refractivity contribution >= 4 is 0 Å². The van der Waals surface area contributed by atoms with Crippen molar-refractivity contribution in [2.45, 2.75) is 26.2 Å². The molecule has 1 fully saturated rings. The van der Waals surface area contributed by atoms with Gasteiger partial charge in [0, 0.05) is 5.69 Å². The van der Waals surface area contributed by atoms with E-state index in [0.717, 1.165) is 30.5 Å². The van der Waals surface area contributed by atoms with Crippen molar-refractivity contribution in [3.05, 3.63) is 29.1 Å². The molecule has 0 radical (unpaired) electrons. The molecule has 1 aromatic heterocycles.